The Labute approximate surface area is 192 Å². The summed E-state index contributed by atoms with van der Waals surface area (Å²) in [5.41, 5.74) is 3.00. The lowest BCUT2D eigenvalue weighted by atomic mass is 9.82. The van der Waals surface area contributed by atoms with E-state index in [9.17, 15) is 8.78 Å². The molecule has 3 heteroatoms. The van der Waals surface area contributed by atoms with Crippen LogP contribution >= 0.6 is 0 Å². The monoisotopic (exact) mass is 437 g/mol. The van der Waals surface area contributed by atoms with Crippen LogP contribution in [0, 0.1) is 23.7 Å². The van der Waals surface area contributed by atoms with E-state index >= 15 is 0 Å². The van der Waals surface area contributed by atoms with Crippen LogP contribution in [0.2, 0.25) is 0 Å². The second kappa shape index (κ2) is 15.4. The first-order valence-electron chi connectivity index (χ1n) is 12.5. The van der Waals surface area contributed by atoms with Gasteiger partial charge in [0.2, 0.25) is 0 Å². The van der Waals surface area contributed by atoms with E-state index in [0.717, 1.165) is 62.0 Å². The van der Waals surface area contributed by atoms with Gasteiger partial charge in [0.1, 0.15) is 0 Å². The Bertz CT molecular complexity index is 602. The van der Waals surface area contributed by atoms with Gasteiger partial charge in [0.15, 0.2) is 0 Å². The average Bonchev–Trinajstić information content (AvgIpc) is 2.74. The minimum Gasteiger partial charge on any atom is -0.322 e. The zero-order chi connectivity index (χ0) is 24.1. The minimum atomic E-state index is -2.55. The smallest absolute Gasteiger partial charge is 0.263 e. The summed E-state index contributed by atoms with van der Waals surface area (Å²) in [6.45, 7) is 25.7. The van der Waals surface area contributed by atoms with Crippen LogP contribution in [0.3, 0.4) is 0 Å². The number of alkyl halides is 2. The van der Waals surface area contributed by atoms with Gasteiger partial charge in [-0.3, -0.25) is 0 Å². The summed E-state index contributed by atoms with van der Waals surface area (Å²) in [7, 11) is 0. The van der Waals surface area contributed by atoms with Gasteiger partial charge in [-0.25, -0.2) is 8.78 Å². The predicted octanol–water partition coefficient (Wildman–Crippen LogP) is 9.75. The van der Waals surface area contributed by atoms with E-state index in [-0.39, 0.29) is 17.4 Å². The van der Waals surface area contributed by atoms with Gasteiger partial charge < -0.3 is 4.90 Å². The van der Waals surface area contributed by atoms with E-state index in [2.05, 4.69) is 79.5 Å². The Morgan fingerprint density at radius 2 is 1.48 bits per heavy atom. The Balaban J connectivity index is 6.90. The molecule has 0 spiro atoms. The molecule has 0 saturated heterocycles. The molecule has 0 aromatic rings. The Kier molecular flexibility index (Phi) is 14.7. The van der Waals surface area contributed by atoms with Crippen molar-refractivity contribution in [3.05, 3.63) is 48.0 Å². The van der Waals surface area contributed by atoms with Crippen LogP contribution in [0.4, 0.5) is 8.78 Å². The largest absolute Gasteiger partial charge is 0.322 e. The number of nitrogens with zero attached hydrogens (tertiary/aromatic N) is 1. The van der Waals surface area contributed by atoms with Crippen molar-refractivity contribution in [3.8, 4) is 0 Å². The van der Waals surface area contributed by atoms with Crippen molar-refractivity contribution in [2.75, 3.05) is 0 Å². The Morgan fingerprint density at radius 1 is 0.903 bits per heavy atom. The van der Waals surface area contributed by atoms with Crippen LogP contribution in [0.1, 0.15) is 100 Å². The van der Waals surface area contributed by atoms with Gasteiger partial charge in [-0.15, -0.1) is 0 Å². The molecular weight excluding hydrogens is 388 g/mol. The van der Waals surface area contributed by atoms with Gasteiger partial charge in [0, 0.05) is 28.6 Å². The van der Waals surface area contributed by atoms with E-state index in [4.69, 9.17) is 0 Å². The SMILES string of the molecule is C=C(/C=C(/C(CCC)C(C)CCC)N(C(=C)C(C)CC)/C(=C\C(C)CC)CC)C(F)F. The molecule has 0 bridgehead atoms. The number of hydrogen-bond donors (Lipinski definition) is 0. The Hall–Kier alpha value is -1.38. The average molecular weight is 438 g/mol. The van der Waals surface area contributed by atoms with Crippen LogP contribution in [-0.4, -0.2) is 11.3 Å². The van der Waals surface area contributed by atoms with Crippen LogP contribution in [-0.2, 0) is 0 Å². The summed E-state index contributed by atoms with van der Waals surface area (Å²) in [6, 6.07) is 0. The third-order valence-electron chi connectivity index (χ3n) is 6.52. The van der Waals surface area contributed by atoms with Crippen LogP contribution < -0.4 is 0 Å². The van der Waals surface area contributed by atoms with Crippen LogP contribution in [0.5, 0.6) is 0 Å². The van der Waals surface area contributed by atoms with Crippen molar-refractivity contribution in [2.45, 2.75) is 107 Å². The number of halogens is 2. The highest BCUT2D eigenvalue weighted by atomic mass is 19.3. The van der Waals surface area contributed by atoms with E-state index in [0.29, 0.717) is 11.8 Å². The van der Waals surface area contributed by atoms with Crippen molar-refractivity contribution in [1.29, 1.82) is 0 Å². The molecule has 0 aliphatic rings. The van der Waals surface area contributed by atoms with E-state index < -0.39 is 6.43 Å². The first-order valence-corrected chi connectivity index (χ1v) is 12.5. The standard InChI is InChI=1S/C28H49F2N/c1-11-16-22(8)26(17-12-2)27(19-23(9)28(29)30)31(24(10)21(7)14-4)25(15-5)18-20(6)13-3/h18-22,26,28H,9-17H2,1-8H3/b25-18-,27-19-. The highest BCUT2D eigenvalue weighted by molar-refractivity contribution is 5.31. The number of allylic oxidation sites excluding steroid dienone is 6. The third kappa shape index (κ3) is 9.33. The van der Waals surface area contributed by atoms with Crippen molar-refractivity contribution in [2.24, 2.45) is 23.7 Å². The molecule has 180 valence electrons. The second-order valence-corrected chi connectivity index (χ2v) is 9.14. The molecular formula is C28H49F2N. The third-order valence-corrected chi connectivity index (χ3v) is 6.52. The molecule has 0 aliphatic carbocycles. The second-order valence-electron chi connectivity index (χ2n) is 9.14. The summed E-state index contributed by atoms with van der Waals surface area (Å²) in [4.78, 5) is 2.24. The molecule has 0 saturated carbocycles. The molecule has 4 unspecified atom stereocenters. The summed E-state index contributed by atoms with van der Waals surface area (Å²) in [5, 5.41) is 0. The minimum absolute atomic E-state index is 0.110. The zero-order valence-corrected chi connectivity index (χ0v) is 21.6. The summed E-state index contributed by atoms with van der Waals surface area (Å²) < 4.78 is 27.2. The lowest BCUT2D eigenvalue weighted by molar-refractivity contribution is 0.193. The predicted molar refractivity (Wildman–Crippen MR) is 134 cm³/mol. The van der Waals surface area contributed by atoms with Crippen LogP contribution in [0.15, 0.2) is 48.0 Å². The first kappa shape index (κ1) is 29.6. The molecule has 0 rings (SSSR count). The van der Waals surface area contributed by atoms with Crippen molar-refractivity contribution in [1.82, 2.24) is 4.90 Å². The fourth-order valence-electron chi connectivity index (χ4n) is 4.05. The quantitative estimate of drug-likeness (QED) is 0.217. The molecule has 0 N–H and O–H groups in total. The van der Waals surface area contributed by atoms with Crippen molar-refractivity contribution in [3.63, 3.8) is 0 Å². The molecule has 31 heavy (non-hydrogen) atoms. The molecule has 0 amide bonds. The lowest BCUT2D eigenvalue weighted by Gasteiger charge is -2.40. The van der Waals surface area contributed by atoms with Gasteiger partial charge in [-0.05, 0) is 43.1 Å². The van der Waals surface area contributed by atoms with E-state index in [1.807, 2.05) is 0 Å². The van der Waals surface area contributed by atoms with Crippen molar-refractivity contribution < 1.29 is 8.78 Å². The molecule has 0 fully saturated rings. The maximum Gasteiger partial charge on any atom is 0.263 e. The molecule has 0 radical (unpaired) electrons. The highest BCUT2D eigenvalue weighted by Gasteiger charge is 2.30. The molecule has 0 aromatic carbocycles. The van der Waals surface area contributed by atoms with Crippen molar-refractivity contribution >= 4 is 0 Å². The van der Waals surface area contributed by atoms with Gasteiger partial charge in [0.05, 0.1) is 0 Å². The van der Waals surface area contributed by atoms with Gasteiger partial charge in [-0.2, -0.15) is 0 Å². The maximum absolute atomic E-state index is 13.6. The summed E-state index contributed by atoms with van der Waals surface area (Å²) >= 11 is 0. The summed E-state index contributed by atoms with van der Waals surface area (Å²) in [6.07, 6.45) is 8.39. The molecule has 4 atom stereocenters. The number of hydrogen-bond acceptors (Lipinski definition) is 1. The van der Waals surface area contributed by atoms with E-state index in [1.165, 1.54) is 0 Å². The zero-order valence-electron chi connectivity index (χ0n) is 21.6. The molecule has 1 nitrogen and oxygen atoms in total. The van der Waals surface area contributed by atoms with Gasteiger partial charge in [-0.1, -0.05) is 100 Å². The summed E-state index contributed by atoms with van der Waals surface area (Å²) in [5.74, 6) is 1.27. The first-order chi connectivity index (χ1) is 14.6. The Morgan fingerprint density at radius 3 is 1.90 bits per heavy atom. The molecule has 0 aliphatic heterocycles. The fourth-order valence-corrected chi connectivity index (χ4v) is 4.05. The van der Waals surface area contributed by atoms with Crippen LogP contribution in [0.25, 0.3) is 0 Å². The number of rotatable bonds is 16. The normalized spacial score (nSPS) is 16.7. The molecule has 0 heterocycles. The molecule has 0 aromatic heterocycles. The maximum atomic E-state index is 13.6. The lowest BCUT2D eigenvalue weighted by Crippen LogP contribution is -2.32. The fraction of sp³-hybridized carbons (Fsp3) is 0.714. The highest BCUT2D eigenvalue weighted by Crippen LogP contribution is 2.39. The van der Waals surface area contributed by atoms with E-state index in [1.54, 1.807) is 6.08 Å². The van der Waals surface area contributed by atoms with Gasteiger partial charge in [0.25, 0.3) is 6.43 Å². The van der Waals surface area contributed by atoms with Gasteiger partial charge >= 0.3 is 0 Å². The topological polar surface area (TPSA) is 3.24 Å².